The van der Waals surface area contributed by atoms with Gasteiger partial charge in [0.25, 0.3) is 0 Å². The van der Waals surface area contributed by atoms with Crippen molar-refractivity contribution in [2.24, 2.45) is 0 Å². The summed E-state index contributed by atoms with van der Waals surface area (Å²) < 4.78 is 26.3. The molecule has 0 N–H and O–H groups in total. The Labute approximate surface area is 113 Å². The third-order valence-corrected chi connectivity index (χ3v) is 3.31. The summed E-state index contributed by atoms with van der Waals surface area (Å²) in [5.74, 6) is -0.533. The zero-order chi connectivity index (χ0) is 13.5. The number of rotatable bonds is 7. The molecule has 0 heterocycles. The maximum Gasteiger partial charge on any atom is 0.126 e. The Hall–Kier alpha value is -0.670. The predicted molar refractivity (Wildman–Crippen MR) is 71.9 cm³/mol. The van der Waals surface area contributed by atoms with Crippen molar-refractivity contribution in [1.29, 1.82) is 0 Å². The van der Waals surface area contributed by atoms with Crippen LogP contribution in [0.15, 0.2) is 18.2 Å². The van der Waals surface area contributed by atoms with Crippen LogP contribution in [0.4, 0.5) is 8.78 Å². The lowest BCUT2D eigenvalue weighted by Gasteiger charge is -2.29. The Morgan fingerprint density at radius 3 is 2.11 bits per heavy atom. The molecule has 0 fully saturated rings. The van der Waals surface area contributed by atoms with E-state index in [1.54, 1.807) is 0 Å². The molecule has 18 heavy (non-hydrogen) atoms. The van der Waals surface area contributed by atoms with Gasteiger partial charge in [-0.15, -0.1) is 11.6 Å². The van der Waals surface area contributed by atoms with Gasteiger partial charge in [-0.25, -0.2) is 8.78 Å². The summed E-state index contributed by atoms with van der Waals surface area (Å²) in [5.41, 5.74) is 0.657. The van der Waals surface area contributed by atoms with Crippen LogP contribution >= 0.6 is 11.6 Å². The molecule has 0 aliphatic carbocycles. The molecule has 1 nitrogen and oxygen atoms in total. The molecule has 102 valence electrons. The van der Waals surface area contributed by atoms with Gasteiger partial charge in [0.2, 0.25) is 0 Å². The second kappa shape index (κ2) is 7.70. The predicted octanol–water partition coefficient (Wildman–Crippen LogP) is 4.19. The summed E-state index contributed by atoms with van der Waals surface area (Å²) in [6.45, 7) is 5.49. The number of benzene rings is 1. The van der Waals surface area contributed by atoms with Gasteiger partial charge in [0, 0.05) is 31.1 Å². The van der Waals surface area contributed by atoms with Crippen LogP contribution < -0.4 is 0 Å². The van der Waals surface area contributed by atoms with E-state index in [4.69, 9.17) is 11.6 Å². The molecule has 1 aromatic rings. The fourth-order valence-electron chi connectivity index (χ4n) is 2.24. The Bertz CT molecular complexity index is 347. The first-order chi connectivity index (χ1) is 8.60. The molecular weight excluding hydrogens is 256 g/mol. The highest BCUT2D eigenvalue weighted by atomic mass is 35.5. The maximum atomic E-state index is 13.1. The summed E-state index contributed by atoms with van der Waals surface area (Å²) in [6.07, 6.45) is 2.01. The molecule has 4 heteroatoms. The largest absolute Gasteiger partial charge is 0.295 e. The summed E-state index contributed by atoms with van der Waals surface area (Å²) in [6, 6.07) is 4.06. The highest BCUT2D eigenvalue weighted by Crippen LogP contribution is 2.15. The minimum absolute atomic E-state index is 0.398. The average Bonchev–Trinajstić information content (AvgIpc) is 2.29. The Morgan fingerprint density at radius 2 is 1.67 bits per heavy atom. The van der Waals surface area contributed by atoms with Crippen LogP contribution in [-0.2, 0) is 6.54 Å². The molecule has 0 aromatic heterocycles. The molecular formula is C14H20ClF2N. The van der Waals surface area contributed by atoms with E-state index in [1.165, 1.54) is 12.1 Å². The quantitative estimate of drug-likeness (QED) is 0.674. The van der Waals surface area contributed by atoms with E-state index >= 15 is 0 Å². The summed E-state index contributed by atoms with van der Waals surface area (Å²) in [5, 5.41) is 0. The van der Waals surface area contributed by atoms with Gasteiger partial charge in [-0.05, 0) is 30.5 Å². The monoisotopic (exact) mass is 275 g/mol. The molecule has 0 spiro atoms. The number of hydrogen-bond acceptors (Lipinski definition) is 1. The second-order valence-electron chi connectivity index (χ2n) is 4.41. The molecule has 0 radical (unpaired) electrons. The highest BCUT2D eigenvalue weighted by molar-refractivity contribution is 6.18. The lowest BCUT2D eigenvalue weighted by molar-refractivity contribution is 0.187. The van der Waals surface area contributed by atoms with E-state index in [1.807, 2.05) is 0 Å². The van der Waals surface area contributed by atoms with Crippen molar-refractivity contribution >= 4 is 11.6 Å². The SMILES string of the molecule is CCC(CC)N(CCCl)Cc1cc(F)cc(F)c1. The molecule has 0 amide bonds. The highest BCUT2D eigenvalue weighted by Gasteiger charge is 2.15. The third kappa shape index (κ3) is 4.54. The Balaban J connectivity index is 2.81. The Morgan fingerprint density at radius 1 is 1.11 bits per heavy atom. The fraction of sp³-hybridized carbons (Fsp3) is 0.571. The van der Waals surface area contributed by atoms with E-state index in [0.717, 1.165) is 25.5 Å². The first kappa shape index (κ1) is 15.4. The summed E-state index contributed by atoms with van der Waals surface area (Å²) >= 11 is 5.79. The van der Waals surface area contributed by atoms with Crippen molar-refractivity contribution in [2.45, 2.75) is 39.3 Å². The Kier molecular flexibility index (Phi) is 6.58. The van der Waals surface area contributed by atoms with Gasteiger partial charge >= 0.3 is 0 Å². The van der Waals surface area contributed by atoms with Crippen molar-refractivity contribution in [2.75, 3.05) is 12.4 Å². The molecule has 0 bridgehead atoms. The third-order valence-electron chi connectivity index (χ3n) is 3.14. The summed E-state index contributed by atoms with van der Waals surface area (Å²) in [7, 11) is 0. The molecule has 1 rings (SSSR count). The number of hydrogen-bond donors (Lipinski definition) is 0. The molecule has 0 aliphatic rings. The van der Waals surface area contributed by atoms with Crippen molar-refractivity contribution in [3.63, 3.8) is 0 Å². The standard InChI is InChI=1S/C14H20ClF2N/c1-3-14(4-2)18(6-5-15)10-11-7-12(16)9-13(17)8-11/h7-9,14H,3-6,10H2,1-2H3. The van der Waals surface area contributed by atoms with Gasteiger partial charge in [-0.1, -0.05) is 13.8 Å². The van der Waals surface area contributed by atoms with Gasteiger partial charge in [-0.3, -0.25) is 4.90 Å². The van der Waals surface area contributed by atoms with Gasteiger partial charge in [-0.2, -0.15) is 0 Å². The van der Waals surface area contributed by atoms with Crippen LogP contribution in [0.1, 0.15) is 32.3 Å². The maximum absolute atomic E-state index is 13.1. The van der Waals surface area contributed by atoms with E-state index in [0.29, 0.717) is 24.0 Å². The number of halogens is 3. The molecule has 0 saturated carbocycles. The van der Waals surface area contributed by atoms with Crippen LogP contribution in [0.5, 0.6) is 0 Å². The number of alkyl halides is 1. The van der Waals surface area contributed by atoms with Gasteiger partial charge < -0.3 is 0 Å². The first-order valence-corrected chi connectivity index (χ1v) is 6.89. The van der Waals surface area contributed by atoms with Gasteiger partial charge in [0.1, 0.15) is 11.6 Å². The lowest BCUT2D eigenvalue weighted by atomic mass is 10.1. The topological polar surface area (TPSA) is 3.24 Å². The lowest BCUT2D eigenvalue weighted by Crippen LogP contribution is -2.35. The van der Waals surface area contributed by atoms with Gasteiger partial charge in [0.15, 0.2) is 0 Å². The second-order valence-corrected chi connectivity index (χ2v) is 4.79. The van der Waals surface area contributed by atoms with Crippen molar-refractivity contribution in [1.82, 2.24) is 4.90 Å². The molecule has 0 aliphatic heterocycles. The first-order valence-electron chi connectivity index (χ1n) is 6.35. The fourth-order valence-corrected chi connectivity index (χ4v) is 2.46. The van der Waals surface area contributed by atoms with Crippen LogP contribution in [0, 0.1) is 11.6 Å². The normalized spacial score (nSPS) is 11.5. The smallest absolute Gasteiger partial charge is 0.126 e. The van der Waals surface area contributed by atoms with Crippen LogP contribution in [0.2, 0.25) is 0 Å². The van der Waals surface area contributed by atoms with Crippen LogP contribution in [0.25, 0.3) is 0 Å². The average molecular weight is 276 g/mol. The van der Waals surface area contributed by atoms with E-state index in [-0.39, 0.29) is 0 Å². The minimum Gasteiger partial charge on any atom is -0.295 e. The molecule has 1 aromatic carbocycles. The van der Waals surface area contributed by atoms with E-state index in [9.17, 15) is 8.78 Å². The molecule has 0 saturated heterocycles. The van der Waals surface area contributed by atoms with Crippen LogP contribution in [-0.4, -0.2) is 23.4 Å². The molecule has 0 unspecified atom stereocenters. The zero-order valence-corrected chi connectivity index (χ0v) is 11.7. The number of nitrogens with zero attached hydrogens (tertiary/aromatic N) is 1. The van der Waals surface area contributed by atoms with E-state index in [2.05, 4.69) is 18.7 Å². The van der Waals surface area contributed by atoms with Gasteiger partial charge in [0.05, 0.1) is 0 Å². The zero-order valence-electron chi connectivity index (χ0n) is 10.9. The van der Waals surface area contributed by atoms with E-state index < -0.39 is 11.6 Å². The van der Waals surface area contributed by atoms with Crippen molar-refractivity contribution in [3.8, 4) is 0 Å². The van der Waals surface area contributed by atoms with Crippen molar-refractivity contribution in [3.05, 3.63) is 35.4 Å². The molecule has 0 atom stereocenters. The van der Waals surface area contributed by atoms with Crippen LogP contribution in [0.3, 0.4) is 0 Å². The van der Waals surface area contributed by atoms with Crippen molar-refractivity contribution < 1.29 is 8.78 Å². The summed E-state index contributed by atoms with van der Waals surface area (Å²) in [4.78, 5) is 2.18. The minimum atomic E-state index is -0.527.